The smallest absolute Gasteiger partial charge is 0.275 e. The van der Waals surface area contributed by atoms with Gasteiger partial charge in [-0.3, -0.25) is 10.1 Å². The second-order valence-corrected chi connectivity index (χ2v) is 3.34. The van der Waals surface area contributed by atoms with Crippen molar-refractivity contribution in [1.82, 2.24) is 0 Å². The van der Waals surface area contributed by atoms with Gasteiger partial charge < -0.3 is 10.2 Å². The molecule has 0 saturated carbocycles. The van der Waals surface area contributed by atoms with Crippen molar-refractivity contribution in [3.63, 3.8) is 0 Å². The third-order valence-electron chi connectivity index (χ3n) is 2.13. The molecule has 1 aromatic rings. The minimum absolute atomic E-state index is 0.0651. The summed E-state index contributed by atoms with van der Waals surface area (Å²) >= 11 is 0. The molecule has 1 rings (SSSR count). The molecule has 84 valence electrons. The summed E-state index contributed by atoms with van der Waals surface area (Å²) in [5.74, 6) is 0. The van der Waals surface area contributed by atoms with E-state index in [9.17, 15) is 15.2 Å². The van der Waals surface area contributed by atoms with E-state index in [0.717, 1.165) is 0 Å². The van der Waals surface area contributed by atoms with Gasteiger partial charge in [-0.15, -0.1) is 0 Å². The van der Waals surface area contributed by atoms with Gasteiger partial charge in [0, 0.05) is 6.07 Å². The number of aliphatic hydroxyl groups is 2. The predicted molar refractivity (Wildman–Crippen MR) is 54.4 cm³/mol. The maximum absolute atomic E-state index is 10.7. The Hall–Kier alpha value is -1.97. The van der Waals surface area contributed by atoms with Crippen LogP contribution in [0.5, 0.6) is 0 Å². The summed E-state index contributed by atoms with van der Waals surface area (Å²) in [6, 6.07) is 5.60. The molecule has 0 fully saturated rings. The lowest BCUT2D eigenvalue weighted by Crippen LogP contribution is -2.17. The minimum atomic E-state index is -1.68. The molecule has 0 aromatic heterocycles. The van der Waals surface area contributed by atoms with Crippen molar-refractivity contribution in [2.45, 2.75) is 19.1 Å². The summed E-state index contributed by atoms with van der Waals surface area (Å²) < 4.78 is 0. The van der Waals surface area contributed by atoms with Crippen molar-refractivity contribution in [1.29, 1.82) is 5.26 Å². The van der Waals surface area contributed by atoms with Crippen LogP contribution < -0.4 is 0 Å². The average Bonchev–Trinajstić information content (AvgIpc) is 2.26. The molecule has 2 unspecified atom stereocenters. The van der Waals surface area contributed by atoms with Crippen molar-refractivity contribution in [2.75, 3.05) is 0 Å². The summed E-state index contributed by atoms with van der Waals surface area (Å²) in [4.78, 5) is 10.1. The fraction of sp³-hybridized carbons (Fsp3) is 0.300. The molecular weight excluding hydrogens is 212 g/mol. The van der Waals surface area contributed by atoms with Crippen molar-refractivity contribution < 1.29 is 15.1 Å². The molecule has 0 aliphatic rings. The van der Waals surface area contributed by atoms with E-state index in [1.54, 1.807) is 13.0 Å². The van der Waals surface area contributed by atoms with E-state index in [1.165, 1.54) is 18.2 Å². The highest BCUT2D eigenvalue weighted by atomic mass is 16.6. The lowest BCUT2D eigenvalue weighted by Gasteiger charge is -2.12. The minimum Gasteiger partial charge on any atom is -0.384 e. The van der Waals surface area contributed by atoms with Crippen LogP contribution in [0.3, 0.4) is 0 Å². The standard InChI is InChI=1S/C10H10N2O4/c1-6-2-3-7(8(4-6)12(15)16)10(14)9(13)5-11/h2-4,9-10,13-14H,1H3. The van der Waals surface area contributed by atoms with Crippen LogP contribution in [-0.4, -0.2) is 21.2 Å². The highest BCUT2D eigenvalue weighted by Gasteiger charge is 2.25. The number of hydrogen-bond acceptors (Lipinski definition) is 5. The van der Waals surface area contributed by atoms with Crippen LogP contribution in [0.15, 0.2) is 18.2 Å². The first kappa shape index (κ1) is 12.1. The number of nitro groups is 1. The monoisotopic (exact) mass is 222 g/mol. The van der Waals surface area contributed by atoms with E-state index in [0.29, 0.717) is 5.56 Å². The quantitative estimate of drug-likeness (QED) is 0.447. The van der Waals surface area contributed by atoms with Crippen LogP contribution in [0.2, 0.25) is 0 Å². The van der Waals surface area contributed by atoms with Gasteiger partial charge in [-0.25, -0.2) is 0 Å². The zero-order chi connectivity index (χ0) is 12.3. The van der Waals surface area contributed by atoms with Crippen molar-refractivity contribution in [2.24, 2.45) is 0 Å². The molecule has 0 spiro atoms. The Kier molecular flexibility index (Phi) is 3.55. The molecule has 16 heavy (non-hydrogen) atoms. The molecule has 2 atom stereocenters. The Morgan fingerprint density at radius 2 is 2.12 bits per heavy atom. The van der Waals surface area contributed by atoms with Crippen LogP contribution >= 0.6 is 0 Å². The first-order valence-corrected chi connectivity index (χ1v) is 4.48. The summed E-state index contributed by atoms with van der Waals surface area (Å²) in [5, 5.41) is 37.8. The van der Waals surface area contributed by atoms with Gasteiger partial charge in [0.1, 0.15) is 6.10 Å². The molecular formula is C10H10N2O4. The summed E-state index contributed by atoms with van der Waals surface area (Å²) in [5.41, 5.74) is 0.292. The maximum atomic E-state index is 10.7. The maximum Gasteiger partial charge on any atom is 0.275 e. The number of nitrogens with zero attached hydrogens (tertiary/aromatic N) is 2. The Morgan fingerprint density at radius 3 is 2.62 bits per heavy atom. The largest absolute Gasteiger partial charge is 0.384 e. The van der Waals surface area contributed by atoms with E-state index < -0.39 is 17.1 Å². The van der Waals surface area contributed by atoms with E-state index in [4.69, 9.17) is 10.4 Å². The summed E-state index contributed by atoms with van der Waals surface area (Å²) in [6.07, 6.45) is -3.26. The van der Waals surface area contributed by atoms with E-state index in [2.05, 4.69) is 0 Å². The van der Waals surface area contributed by atoms with Gasteiger partial charge in [0.05, 0.1) is 16.6 Å². The van der Waals surface area contributed by atoms with Crippen LogP contribution in [0.4, 0.5) is 5.69 Å². The Morgan fingerprint density at radius 1 is 1.50 bits per heavy atom. The third kappa shape index (κ3) is 2.34. The molecule has 0 saturated heterocycles. The van der Waals surface area contributed by atoms with Gasteiger partial charge in [-0.1, -0.05) is 6.07 Å². The fourth-order valence-electron chi connectivity index (χ4n) is 1.30. The number of nitriles is 1. The van der Waals surface area contributed by atoms with Gasteiger partial charge in [-0.05, 0) is 18.6 Å². The highest BCUT2D eigenvalue weighted by Crippen LogP contribution is 2.27. The molecule has 1 aromatic carbocycles. The van der Waals surface area contributed by atoms with Crippen molar-refractivity contribution in [3.05, 3.63) is 39.4 Å². The summed E-state index contributed by atoms with van der Waals surface area (Å²) in [7, 11) is 0. The number of hydrogen-bond donors (Lipinski definition) is 2. The number of benzene rings is 1. The first-order chi connectivity index (χ1) is 7.47. The Bertz CT molecular complexity index is 453. The highest BCUT2D eigenvalue weighted by molar-refractivity contribution is 5.45. The van der Waals surface area contributed by atoms with Crippen molar-refractivity contribution >= 4 is 5.69 Å². The Balaban J connectivity index is 3.23. The molecule has 0 aliphatic carbocycles. The number of aliphatic hydroxyl groups excluding tert-OH is 2. The molecule has 2 N–H and O–H groups in total. The molecule has 0 radical (unpaired) electrons. The number of rotatable bonds is 3. The van der Waals surface area contributed by atoms with Gasteiger partial charge >= 0.3 is 0 Å². The number of nitro benzene ring substituents is 1. The Labute approximate surface area is 91.5 Å². The van der Waals surface area contributed by atoms with Crippen molar-refractivity contribution in [3.8, 4) is 6.07 Å². The van der Waals surface area contributed by atoms with Crippen LogP contribution in [-0.2, 0) is 0 Å². The number of aryl methyl sites for hydroxylation is 1. The van der Waals surface area contributed by atoms with Gasteiger partial charge in [0.2, 0.25) is 0 Å². The molecule has 0 heterocycles. The molecule has 0 aliphatic heterocycles. The van der Waals surface area contributed by atoms with Gasteiger partial charge in [0.15, 0.2) is 6.10 Å². The van der Waals surface area contributed by atoms with Crippen LogP contribution in [0.1, 0.15) is 17.2 Å². The van der Waals surface area contributed by atoms with E-state index >= 15 is 0 Å². The molecule has 6 heteroatoms. The van der Waals surface area contributed by atoms with Gasteiger partial charge in [0.25, 0.3) is 5.69 Å². The second-order valence-electron chi connectivity index (χ2n) is 3.34. The fourth-order valence-corrected chi connectivity index (χ4v) is 1.30. The van der Waals surface area contributed by atoms with Crippen LogP contribution in [0, 0.1) is 28.4 Å². The lowest BCUT2D eigenvalue weighted by atomic mass is 10.0. The topological polar surface area (TPSA) is 107 Å². The van der Waals surface area contributed by atoms with Gasteiger partial charge in [-0.2, -0.15) is 5.26 Å². The zero-order valence-corrected chi connectivity index (χ0v) is 8.49. The third-order valence-corrected chi connectivity index (χ3v) is 2.13. The zero-order valence-electron chi connectivity index (χ0n) is 8.49. The molecule has 0 amide bonds. The predicted octanol–water partition coefficient (Wildman–Crippen LogP) is 0.821. The molecule has 6 nitrogen and oxygen atoms in total. The lowest BCUT2D eigenvalue weighted by molar-refractivity contribution is -0.386. The normalized spacial score (nSPS) is 13.9. The first-order valence-electron chi connectivity index (χ1n) is 4.48. The van der Waals surface area contributed by atoms with E-state index in [-0.39, 0.29) is 11.3 Å². The molecule has 0 bridgehead atoms. The average molecular weight is 222 g/mol. The SMILES string of the molecule is Cc1ccc(C(O)C(O)C#N)c([N+](=O)[O-])c1. The summed E-state index contributed by atoms with van der Waals surface area (Å²) in [6.45, 7) is 1.67. The second kappa shape index (κ2) is 4.70. The van der Waals surface area contributed by atoms with E-state index in [1.807, 2.05) is 0 Å². The van der Waals surface area contributed by atoms with Crippen LogP contribution in [0.25, 0.3) is 0 Å².